The standard InChI is InChI=1S/C16H19N3O4/c1-10-8-11(18-15(20)12(17)9-22-2)5-6-13(10)19-16(21)14-4-3-7-23-14/h3-8,12H,9,17H2,1-2H3,(H,18,20)(H,19,21). The first kappa shape index (κ1) is 16.7. The smallest absolute Gasteiger partial charge is 0.291 e. The van der Waals surface area contributed by atoms with Gasteiger partial charge in [-0.15, -0.1) is 0 Å². The molecule has 0 saturated carbocycles. The number of aryl methyl sites for hydroxylation is 1. The molecule has 0 aliphatic heterocycles. The monoisotopic (exact) mass is 317 g/mol. The van der Waals surface area contributed by atoms with E-state index in [2.05, 4.69) is 10.6 Å². The van der Waals surface area contributed by atoms with E-state index in [0.717, 1.165) is 5.56 Å². The minimum absolute atomic E-state index is 0.141. The zero-order valence-electron chi connectivity index (χ0n) is 13.0. The molecule has 1 unspecified atom stereocenters. The summed E-state index contributed by atoms with van der Waals surface area (Å²) in [5.41, 5.74) is 7.68. The molecule has 0 aliphatic rings. The molecule has 0 radical (unpaired) electrons. The van der Waals surface area contributed by atoms with Crippen molar-refractivity contribution in [1.82, 2.24) is 0 Å². The predicted octanol–water partition coefficient (Wildman–Crippen LogP) is 1.75. The summed E-state index contributed by atoms with van der Waals surface area (Å²) >= 11 is 0. The van der Waals surface area contributed by atoms with Crippen LogP contribution in [0.2, 0.25) is 0 Å². The first-order valence-electron chi connectivity index (χ1n) is 7.02. The predicted molar refractivity (Wildman–Crippen MR) is 86.3 cm³/mol. The molecule has 1 atom stereocenters. The molecule has 1 heterocycles. The molecule has 23 heavy (non-hydrogen) atoms. The molecule has 1 aromatic heterocycles. The average Bonchev–Trinajstić information content (AvgIpc) is 3.04. The molecule has 0 fully saturated rings. The minimum atomic E-state index is -0.737. The number of hydrogen-bond acceptors (Lipinski definition) is 5. The average molecular weight is 317 g/mol. The Morgan fingerprint density at radius 3 is 2.70 bits per heavy atom. The number of furan rings is 1. The lowest BCUT2D eigenvalue weighted by atomic mass is 10.1. The number of anilines is 2. The fourth-order valence-electron chi connectivity index (χ4n) is 1.96. The van der Waals surface area contributed by atoms with Gasteiger partial charge in [-0.3, -0.25) is 9.59 Å². The number of carbonyl (C=O) groups excluding carboxylic acids is 2. The van der Waals surface area contributed by atoms with Crippen molar-refractivity contribution in [2.45, 2.75) is 13.0 Å². The van der Waals surface area contributed by atoms with E-state index in [1.54, 1.807) is 30.3 Å². The Balaban J connectivity index is 2.03. The number of methoxy groups -OCH3 is 1. The third-order valence-corrected chi connectivity index (χ3v) is 3.17. The van der Waals surface area contributed by atoms with Gasteiger partial charge in [0.1, 0.15) is 6.04 Å². The number of nitrogens with one attached hydrogen (secondary N) is 2. The van der Waals surface area contributed by atoms with Crippen LogP contribution in [0.4, 0.5) is 11.4 Å². The molecule has 2 aromatic rings. The molecule has 2 rings (SSSR count). The van der Waals surface area contributed by atoms with Crippen LogP contribution >= 0.6 is 0 Å². The number of rotatable bonds is 6. The van der Waals surface area contributed by atoms with Crippen LogP contribution in [0.5, 0.6) is 0 Å². The van der Waals surface area contributed by atoms with E-state index in [1.807, 2.05) is 6.92 Å². The number of amides is 2. The van der Waals surface area contributed by atoms with Crippen molar-refractivity contribution in [2.24, 2.45) is 5.73 Å². The second-order valence-electron chi connectivity index (χ2n) is 5.01. The Kier molecular flexibility index (Phi) is 5.51. The van der Waals surface area contributed by atoms with E-state index < -0.39 is 6.04 Å². The summed E-state index contributed by atoms with van der Waals surface area (Å²) in [4.78, 5) is 23.8. The van der Waals surface area contributed by atoms with Crippen molar-refractivity contribution in [3.63, 3.8) is 0 Å². The van der Waals surface area contributed by atoms with E-state index in [9.17, 15) is 9.59 Å². The fraction of sp³-hybridized carbons (Fsp3) is 0.250. The summed E-state index contributed by atoms with van der Waals surface area (Å²) in [5, 5.41) is 5.45. The van der Waals surface area contributed by atoms with E-state index >= 15 is 0 Å². The first-order chi connectivity index (χ1) is 11.0. The third-order valence-electron chi connectivity index (χ3n) is 3.17. The molecule has 7 heteroatoms. The summed E-state index contributed by atoms with van der Waals surface area (Å²) in [7, 11) is 1.48. The molecule has 0 saturated heterocycles. The summed E-state index contributed by atoms with van der Waals surface area (Å²) < 4.78 is 9.88. The van der Waals surface area contributed by atoms with Crippen LogP contribution in [0.1, 0.15) is 16.1 Å². The van der Waals surface area contributed by atoms with Crippen molar-refractivity contribution < 1.29 is 18.7 Å². The van der Waals surface area contributed by atoms with Gasteiger partial charge in [0.2, 0.25) is 5.91 Å². The van der Waals surface area contributed by atoms with Crippen LogP contribution in [-0.2, 0) is 9.53 Å². The van der Waals surface area contributed by atoms with E-state index in [1.165, 1.54) is 13.4 Å². The zero-order valence-corrected chi connectivity index (χ0v) is 13.0. The van der Waals surface area contributed by atoms with Gasteiger partial charge in [0, 0.05) is 18.5 Å². The highest BCUT2D eigenvalue weighted by atomic mass is 16.5. The maximum atomic E-state index is 11.9. The van der Waals surface area contributed by atoms with E-state index in [0.29, 0.717) is 11.4 Å². The Morgan fingerprint density at radius 2 is 2.09 bits per heavy atom. The molecule has 0 aliphatic carbocycles. The van der Waals surface area contributed by atoms with E-state index in [-0.39, 0.29) is 24.2 Å². The van der Waals surface area contributed by atoms with Crippen molar-refractivity contribution in [2.75, 3.05) is 24.4 Å². The van der Waals surface area contributed by atoms with Crippen LogP contribution in [-0.4, -0.2) is 31.6 Å². The molecule has 0 spiro atoms. The summed E-state index contributed by atoms with van der Waals surface area (Å²) in [6.45, 7) is 1.96. The Morgan fingerprint density at radius 1 is 1.30 bits per heavy atom. The van der Waals surface area contributed by atoms with Crippen LogP contribution in [0, 0.1) is 6.92 Å². The van der Waals surface area contributed by atoms with Crippen LogP contribution in [0.15, 0.2) is 41.0 Å². The summed E-state index contributed by atoms with van der Waals surface area (Å²) in [6.07, 6.45) is 1.43. The molecule has 0 bridgehead atoms. The van der Waals surface area contributed by atoms with Gasteiger partial charge in [-0.25, -0.2) is 0 Å². The van der Waals surface area contributed by atoms with Gasteiger partial charge in [-0.1, -0.05) is 0 Å². The van der Waals surface area contributed by atoms with Crippen LogP contribution < -0.4 is 16.4 Å². The van der Waals surface area contributed by atoms with Gasteiger partial charge < -0.3 is 25.5 Å². The molecule has 7 nitrogen and oxygen atoms in total. The van der Waals surface area contributed by atoms with Gasteiger partial charge in [0.15, 0.2) is 5.76 Å². The third kappa shape index (κ3) is 4.41. The number of benzene rings is 1. The summed E-state index contributed by atoms with van der Waals surface area (Å²) in [6, 6.07) is 7.61. The number of carbonyl (C=O) groups is 2. The largest absolute Gasteiger partial charge is 0.459 e. The van der Waals surface area contributed by atoms with Gasteiger partial charge in [0.25, 0.3) is 5.91 Å². The lowest BCUT2D eigenvalue weighted by molar-refractivity contribution is -0.118. The molecular formula is C16H19N3O4. The molecule has 4 N–H and O–H groups in total. The molecule has 1 aromatic carbocycles. The topological polar surface area (TPSA) is 107 Å². The zero-order chi connectivity index (χ0) is 16.8. The highest BCUT2D eigenvalue weighted by Crippen LogP contribution is 2.20. The Hall–Kier alpha value is -2.64. The maximum absolute atomic E-state index is 11.9. The normalized spacial score (nSPS) is 11.8. The molecular weight excluding hydrogens is 298 g/mol. The van der Waals surface area contributed by atoms with Crippen molar-refractivity contribution in [3.8, 4) is 0 Å². The minimum Gasteiger partial charge on any atom is -0.459 e. The SMILES string of the molecule is COCC(N)C(=O)Nc1ccc(NC(=O)c2ccco2)c(C)c1. The molecule has 122 valence electrons. The van der Waals surface area contributed by atoms with Gasteiger partial charge in [-0.05, 0) is 42.8 Å². The Bertz CT molecular complexity index is 683. The lowest BCUT2D eigenvalue weighted by Gasteiger charge is -2.13. The fourth-order valence-corrected chi connectivity index (χ4v) is 1.96. The lowest BCUT2D eigenvalue weighted by Crippen LogP contribution is -2.39. The highest BCUT2D eigenvalue weighted by molar-refractivity contribution is 6.03. The van der Waals surface area contributed by atoms with Crippen molar-refractivity contribution in [1.29, 1.82) is 0 Å². The second-order valence-corrected chi connectivity index (χ2v) is 5.01. The number of nitrogens with two attached hydrogens (primary N) is 1. The first-order valence-corrected chi connectivity index (χ1v) is 7.02. The number of hydrogen-bond donors (Lipinski definition) is 3. The number of ether oxygens (including phenoxy) is 1. The van der Waals surface area contributed by atoms with Crippen LogP contribution in [0.3, 0.4) is 0 Å². The van der Waals surface area contributed by atoms with Gasteiger partial charge in [0.05, 0.1) is 12.9 Å². The molecule has 2 amide bonds. The van der Waals surface area contributed by atoms with Gasteiger partial charge in [-0.2, -0.15) is 0 Å². The van der Waals surface area contributed by atoms with Crippen molar-refractivity contribution >= 4 is 23.2 Å². The van der Waals surface area contributed by atoms with E-state index in [4.69, 9.17) is 14.9 Å². The van der Waals surface area contributed by atoms with Gasteiger partial charge >= 0.3 is 0 Å². The maximum Gasteiger partial charge on any atom is 0.291 e. The second kappa shape index (κ2) is 7.57. The van der Waals surface area contributed by atoms with Crippen LogP contribution in [0.25, 0.3) is 0 Å². The summed E-state index contributed by atoms with van der Waals surface area (Å²) in [5.74, 6) is -0.442. The highest BCUT2D eigenvalue weighted by Gasteiger charge is 2.14. The quantitative estimate of drug-likeness (QED) is 0.752. The van der Waals surface area contributed by atoms with Crippen molar-refractivity contribution in [3.05, 3.63) is 47.9 Å². The Labute approximate surface area is 133 Å².